The first kappa shape index (κ1) is 8.57. The van der Waals surface area contributed by atoms with Crippen molar-refractivity contribution in [2.24, 2.45) is 0 Å². The summed E-state index contributed by atoms with van der Waals surface area (Å²) >= 11 is 1.66. The SMILES string of the molecule is O=CC1=CC[C@@H](c2ccccc2)S1. The molecule has 1 aliphatic rings. The van der Waals surface area contributed by atoms with E-state index in [9.17, 15) is 4.79 Å². The van der Waals surface area contributed by atoms with E-state index >= 15 is 0 Å². The topological polar surface area (TPSA) is 17.1 Å². The molecule has 0 unspecified atom stereocenters. The molecule has 66 valence electrons. The zero-order chi connectivity index (χ0) is 9.10. The first-order valence-corrected chi connectivity index (χ1v) is 5.15. The molecule has 0 aliphatic carbocycles. The Morgan fingerprint density at radius 1 is 1.31 bits per heavy atom. The second-order valence-electron chi connectivity index (χ2n) is 2.98. The van der Waals surface area contributed by atoms with Gasteiger partial charge in [0.25, 0.3) is 0 Å². The zero-order valence-electron chi connectivity index (χ0n) is 7.14. The quantitative estimate of drug-likeness (QED) is 0.667. The smallest absolute Gasteiger partial charge is 0.156 e. The van der Waals surface area contributed by atoms with Gasteiger partial charge in [0.15, 0.2) is 6.29 Å². The van der Waals surface area contributed by atoms with Crippen molar-refractivity contribution >= 4 is 18.0 Å². The van der Waals surface area contributed by atoms with Gasteiger partial charge in [-0.05, 0) is 12.0 Å². The van der Waals surface area contributed by atoms with E-state index in [1.165, 1.54) is 5.56 Å². The van der Waals surface area contributed by atoms with Crippen LogP contribution in [-0.2, 0) is 4.79 Å². The molecule has 1 aromatic rings. The third kappa shape index (κ3) is 1.83. The summed E-state index contributed by atoms with van der Waals surface area (Å²) in [6.45, 7) is 0. The van der Waals surface area contributed by atoms with Crippen molar-refractivity contribution in [2.75, 3.05) is 0 Å². The monoisotopic (exact) mass is 190 g/mol. The molecule has 0 radical (unpaired) electrons. The first-order chi connectivity index (χ1) is 6.40. The number of benzene rings is 1. The fraction of sp³-hybridized carbons (Fsp3) is 0.182. The Labute approximate surface area is 81.8 Å². The van der Waals surface area contributed by atoms with Crippen LogP contribution in [0.3, 0.4) is 0 Å². The van der Waals surface area contributed by atoms with Gasteiger partial charge in [0, 0.05) is 10.2 Å². The highest BCUT2D eigenvalue weighted by molar-refractivity contribution is 8.04. The molecule has 13 heavy (non-hydrogen) atoms. The van der Waals surface area contributed by atoms with Crippen molar-refractivity contribution in [3.8, 4) is 0 Å². The molecule has 1 aromatic carbocycles. The highest BCUT2D eigenvalue weighted by atomic mass is 32.2. The maximum atomic E-state index is 10.5. The van der Waals surface area contributed by atoms with E-state index in [1.807, 2.05) is 24.3 Å². The standard InChI is InChI=1S/C11H10OS/c12-8-10-6-7-11(13-10)9-4-2-1-3-5-9/h1-6,8,11H,7H2/t11-/m0/s1. The van der Waals surface area contributed by atoms with Crippen molar-refractivity contribution in [2.45, 2.75) is 11.7 Å². The Morgan fingerprint density at radius 2 is 2.08 bits per heavy atom. The molecule has 2 rings (SSSR count). The number of allylic oxidation sites excluding steroid dienone is 2. The molecule has 0 saturated heterocycles. The predicted molar refractivity (Wildman–Crippen MR) is 55.5 cm³/mol. The summed E-state index contributed by atoms with van der Waals surface area (Å²) in [5.74, 6) is 0. The summed E-state index contributed by atoms with van der Waals surface area (Å²) in [4.78, 5) is 11.4. The van der Waals surface area contributed by atoms with E-state index in [0.717, 1.165) is 17.6 Å². The molecule has 2 heteroatoms. The summed E-state index contributed by atoms with van der Waals surface area (Å²) in [7, 11) is 0. The van der Waals surface area contributed by atoms with Crippen LogP contribution in [0.2, 0.25) is 0 Å². The van der Waals surface area contributed by atoms with Crippen LogP contribution in [-0.4, -0.2) is 6.29 Å². The maximum absolute atomic E-state index is 10.5. The number of carbonyl (C=O) groups excluding carboxylic acids is 1. The average Bonchev–Trinajstić information content (AvgIpc) is 2.67. The van der Waals surface area contributed by atoms with Crippen LogP contribution in [0, 0.1) is 0 Å². The molecule has 1 nitrogen and oxygen atoms in total. The summed E-state index contributed by atoms with van der Waals surface area (Å²) in [5, 5.41) is 0.446. The zero-order valence-corrected chi connectivity index (χ0v) is 7.96. The molecule has 0 bridgehead atoms. The second kappa shape index (κ2) is 3.79. The summed E-state index contributed by atoms with van der Waals surface area (Å²) < 4.78 is 0. The minimum Gasteiger partial charge on any atom is -0.297 e. The van der Waals surface area contributed by atoms with E-state index in [0.29, 0.717) is 5.25 Å². The first-order valence-electron chi connectivity index (χ1n) is 4.27. The predicted octanol–water partition coefficient (Wildman–Crippen LogP) is 2.95. The molecule has 0 spiro atoms. The van der Waals surface area contributed by atoms with Crippen molar-refractivity contribution in [3.63, 3.8) is 0 Å². The normalized spacial score (nSPS) is 21.2. The molecule has 1 atom stereocenters. The Balaban J connectivity index is 2.11. The number of rotatable bonds is 2. The highest BCUT2D eigenvalue weighted by Crippen LogP contribution is 2.42. The van der Waals surface area contributed by atoms with E-state index in [-0.39, 0.29) is 0 Å². The van der Waals surface area contributed by atoms with Gasteiger partial charge in [-0.15, -0.1) is 11.8 Å². The van der Waals surface area contributed by atoms with E-state index < -0.39 is 0 Å². The van der Waals surface area contributed by atoms with Crippen LogP contribution in [0.4, 0.5) is 0 Å². The fourth-order valence-corrected chi connectivity index (χ4v) is 2.49. The second-order valence-corrected chi connectivity index (χ2v) is 4.25. The Bertz CT molecular complexity index is 329. The molecule has 1 heterocycles. The number of hydrogen-bond acceptors (Lipinski definition) is 2. The minimum atomic E-state index is 0.446. The van der Waals surface area contributed by atoms with Gasteiger partial charge in [0.05, 0.1) is 0 Å². The molecule has 0 aromatic heterocycles. The lowest BCUT2D eigenvalue weighted by molar-refractivity contribution is -0.104. The van der Waals surface area contributed by atoms with Gasteiger partial charge in [-0.1, -0.05) is 36.4 Å². The van der Waals surface area contributed by atoms with Crippen LogP contribution in [0.15, 0.2) is 41.3 Å². The lowest BCUT2D eigenvalue weighted by Crippen LogP contribution is -1.87. The molecule has 1 aliphatic heterocycles. The number of hydrogen-bond donors (Lipinski definition) is 0. The Hall–Kier alpha value is -1.02. The third-order valence-electron chi connectivity index (χ3n) is 2.10. The van der Waals surface area contributed by atoms with Crippen LogP contribution < -0.4 is 0 Å². The summed E-state index contributed by atoms with van der Waals surface area (Å²) in [6, 6.07) is 10.3. The molecule has 0 amide bonds. The van der Waals surface area contributed by atoms with Crippen molar-refractivity contribution < 1.29 is 4.79 Å². The lowest BCUT2D eigenvalue weighted by atomic mass is 10.1. The van der Waals surface area contributed by atoms with Gasteiger partial charge >= 0.3 is 0 Å². The van der Waals surface area contributed by atoms with Crippen molar-refractivity contribution in [1.82, 2.24) is 0 Å². The molecular weight excluding hydrogens is 180 g/mol. The molecule has 0 saturated carbocycles. The van der Waals surface area contributed by atoms with E-state index in [4.69, 9.17) is 0 Å². The molecule has 0 N–H and O–H groups in total. The molecule has 0 fully saturated rings. The van der Waals surface area contributed by atoms with Gasteiger partial charge in [-0.3, -0.25) is 4.79 Å². The highest BCUT2D eigenvalue weighted by Gasteiger charge is 2.18. The summed E-state index contributed by atoms with van der Waals surface area (Å²) in [6.07, 6.45) is 3.92. The average molecular weight is 190 g/mol. The number of aldehydes is 1. The van der Waals surface area contributed by atoms with Crippen molar-refractivity contribution in [3.05, 3.63) is 46.9 Å². The largest absolute Gasteiger partial charge is 0.297 e. The van der Waals surface area contributed by atoms with Gasteiger partial charge in [-0.25, -0.2) is 0 Å². The van der Waals surface area contributed by atoms with E-state index in [2.05, 4.69) is 12.1 Å². The van der Waals surface area contributed by atoms with Gasteiger partial charge in [0.2, 0.25) is 0 Å². The molecular formula is C11H10OS. The van der Waals surface area contributed by atoms with Crippen molar-refractivity contribution in [1.29, 1.82) is 0 Å². The van der Waals surface area contributed by atoms with E-state index in [1.54, 1.807) is 11.8 Å². The van der Waals surface area contributed by atoms with Crippen LogP contribution >= 0.6 is 11.8 Å². The van der Waals surface area contributed by atoms with Gasteiger partial charge in [-0.2, -0.15) is 0 Å². The summed E-state index contributed by atoms with van der Waals surface area (Å²) in [5.41, 5.74) is 1.31. The maximum Gasteiger partial charge on any atom is 0.156 e. The Kier molecular flexibility index (Phi) is 2.50. The van der Waals surface area contributed by atoms with Gasteiger partial charge in [0.1, 0.15) is 0 Å². The van der Waals surface area contributed by atoms with Crippen LogP contribution in [0.5, 0.6) is 0 Å². The number of thioether (sulfide) groups is 1. The van der Waals surface area contributed by atoms with Crippen LogP contribution in [0.1, 0.15) is 17.2 Å². The van der Waals surface area contributed by atoms with Gasteiger partial charge < -0.3 is 0 Å². The third-order valence-corrected chi connectivity index (χ3v) is 3.38. The number of carbonyl (C=O) groups is 1. The lowest BCUT2D eigenvalue weighted by Gasteiger charge is -2.07. The Morgan fingerprint density at radius 3 is 2.69 bits per heavy atom. The van der Waals surface area contributed by atoms with Crippen LogP contribution in [0.25, 0.3) is 0 Å². The fourth-order valence-electron chi connectivity index (χ4n) is 1.43. The minimum absolute atomic E-state index is 0.446.